The molecule has 3 aliphatic heterocycles. The first-order chi connectivity index (χ1) is 20.9. The van der Waals surface area contributed by atoms with E-state index in [1.54, 1.807) is 0 Å². The molecule has 0 bridgehead atoms. The maximum Gasteiger partial charge on any atom is 1.00 e. The second kappa shape index (κ2) is 13.6. The topological polar surface area (TPSA) is 303 Å². The van der Waals surface area contributed by atoms with Crippen molar-refractivity contribution in [2.75, 3.05) is 13.2 Å². The van der Waals surface area contributed by atoms with Crippen molar-refractivity contribution in [3.8, 4) is 0 Å². The summed E-state index contributed by atoms with van der Waals surface area (Å²) in [4.78, 5) is 70.4. The van der Waals surface area contributed by atoms with Crippen LogP contribution in [0.2, 0.25) is 0 Å². The third kappa shape index (κ3) is 6.54. The molecule has 7 heterocycles. The molecule has 3 saturated heterocycles. The van der Waals surface area contributed by atoms with Gasteiger partial charge in [0.05, 0.1) is 38.5 Å². The fraction of sp³-hybridized carbons (Fsp3) is 0.500. The van der Waals surface area contributed by atoms with Gasteiger partial charge in [-0.15, -0.1) is 0 Å². The number of phosphoric ester groups is 2. The minimum atomic E-state index is -5.31. The maximum atomic E-state index is 12.9. The van der Waals surface area contributed by atoms with Gasteiger partial charge in [-0.25, -0.2) is 19.9 Å². The van der Waals surface area contributed by atoms with Crippen LogP contribution in [0, 0.1) is 0 Å². The molecule has 0 saturated carbocycles. The van der Waals surface area contributed by atoms with Gasteiger partial charge in [0.25, 0.3) is 26.8 Å². The molecule has 3 fully saturated rings. The number of ether oxygens (including phenoxy) is 2. The molecule has 0 spiro atoms. The van der Waals surface area contributed by atoms with Gasteiger partial charge < -0.3 is 57.5 Å². The zero-order valence-corrected chi connectivity index (χ0v) is 29.5. The summed E-state index contributed by atoms with van der Waals surface area (Å²) in [5.74, 6) is 0. The number of nitrogens with one attached hydrogen (secondary N) is 2. The zero-order valence-electron chi connectivity index (χ0n) is 23.7. The molecule has 7 rings (SSSR count). The van der Waals surface area contributed by atoms with Gasteiger partial charge in [0.15, 0.2) is 34.8 Å². The van der Waals surface area contributed by atoms with Crippen LogP contribution in [-0.4, -0.2) is 99.1 Å². The monoisotopic (exact) mass is 704 g/mol. The summed E-state index contributed by atoms with van der Waals surface area (Å²) >= 11 is 0. The normalized spacial score (nSPS) is 36.6. The van der Waals surface area contributed by atoms with Crippen LogP contribution in [-0.2, 0) is 36.7 Å². The summed E-state index contributed by atoms with van der Waals surface area (Å²) in [5.41, 5.74) is -1.49. The van der Waals surface area contributed by atoms with Crippen LogP contribution in [0.5, 0.6) is 0 Å². The number of aromatic amines is 2. The quantitative estimate of drug-likeness (QED) is 0.111. The van der Waals surface area contributed by atoms with Crippen molar-refractivity contribution in [3.05, 3.63) is 46.0 Å². The number of aromatic nitrogens is 8. The third-order valence-corrected chi connectivity index (χ3v) is 9.13. The van der Waals surface area contributed by atoms with Crippen LogP contribution in [0.15, 0.2) is 34.9 Å². The van der Waals surface area contributed by atoms with E-state index in [1.807, 2.05) is 0 Å². The zero-order chi connectivity index (χ0) is 31.0. The summed E-state index contributed by atoms with van der Waals surface area (Å²) in [5, 5.41) is 22.0. The molecular formula is C20H20N8Na2O14P2. The molecule has 2 unspecified atom stereocenters. The van der Waals surface area contributed by atoms with Crippen LogP contribution < -0.4 is 80.0 Å². The first kappa shape index (κ1) is 36.1. The first-order valence-corrected chi connectivity index (χ1v) is 15.6. The van der Waals surface area contributed by atoms with Crippen LogP contribution in [0.3, 0.4) is 0 Å². The molecule has 4 N–H and O–H groups in total. The second-order valence-electron chi connectivity index (χ2n) is 9.85. The van der Waals surface area contributed by atoms with Crippen molar-refractivity contribution in [1.29, 1.82) is 0 Å². The number of fused-ring (bicyclic) bond motifs is 4. The van der Waals surface area contributed by atoms with E-state index in [0.717, 1.165) is 34.4 Å². The largest absolute Gasteiger partial charge is 1.00 e. The van der Waals surface area contributed by atoms with E-state index < -0.39 is 89.1 Å². The Morgan fingerprint density at radius 3 is 1.52 bits per heavy atom. The molecule has 236 valence electrons. The van der Waals surface area contributed by atoms with E-state index in [1.165, 1.54) is 0 Å². The van der Waals surface area contributed by atoms with Crippen molar-refractivity contribution in [2.24, 2.45) is 0 Å². The van der Waals surface area contributed by atoms with Crippen LogP contribution in [0.25, 0.3) is 22.3 Å². The molecule has 0 aromatic carbocycles. The Morgan fingerprint density at radius 1 is 0.739 bits per heavy atom. The number of nitrogens with zero attached hydrogens (tertiary/aromatic N) is 6. The molecule has 46 heavy (non-hydrogen) atoms. The minimum Gasteiger partial charge on any atom is -0.756 e. The van der Waals surface area contributed by atoms with Crippen molar-refractivity contribution < 1.29 is 116 Å². The summed E-state index contributed by atoms with van der Waals surface area (Å²) < 4.78 is 59.6. The summed E-state index contributed by atoms with van der Waals surface area (Å²) in [6.45, 7) is -1.84. The predicted octanol–water partition coefficient (Wildman–Crippen LogP) is -9.47. The number of hydrogen-bond acceptors (Lipinski definition) is 18. The van der Waals surface area contributed by atoms with Gasteiger partial charge >= 0.3 is 59.1 Å². The Bertz CT molecular complexity index is 1820. The van der Waals surface area contributed by atoms with E-state index in [9.17, 15) is 38.7 Å². The molecule has 0 aliphatic carbocycles. The number of H-pyrrole nitrogens is 2. The van der Waals surface area contributed by atoms with Gasteiger partial charge in [-0.2, -0.15) is 0 Å². The van der Waals surface area contributed by atoms with E-state index >= 15 is 0 Å². The molecular weight excluding hydrogens is 684 g/mol. The third-order valence-electron chi connectivity index (χ3n) is 7.19. The number of aliphatic hydroxyl groups is 2. The SMILES string of the molecule is O=c1[nH]cnc2c1ncn2[C@@H]1O[C@@H]2COP(=O)([O-])O[C@H]3[C@@H](O)[C@H](n4cnc5c(=O)[nH]cnc54)O[C@@H]3COP(=O)([O-])O[C@H]2[C@H]1O.[Na+].[Na+]. The van der Waals surface area contributed by atoms with Gasteiger partial charge in [-0.05, 0) is 0 Å². The van der Waals surface area contributed by atoms with Gasteiger partial charge in [-0.1, -0.05) is 0 Å². The van der Waals surface area contributed by atoms with E-state index in [2.05, 4.69) is 29.9 Å². The van der Waals surface area contributed by atoms with Gasteiger partial charge in [0.1, 0.15) is 36.6 Å². The van der Waals surface area contributed by atoms with Crippen LogP contribution in [0.1, 0.15) is 12.5 Å². The fourth-order valence-electron chi connectivity index (χ4n) is 5.21. The molecule has 4 aromatic rings. The molecule has 0 amide bonds. The van der Waals surface area contributed by atoms with Crippen LogP contribution in [0.4, 0.5) is 0 Å². The van der Waals surface area contributed by atoms with Gasteiger partial charge in [0.2, 0.25) is 0 Å². The van der Waals surface area contributed by atoms with Crippen molar-refractivity contribution in [3.63, 3.8) is 0 Å². The average Bonchev–Trinajstić information content (AvgIpc) is 3.73. The molecule has 26 heteroatoms. The van der Waals surface area contributed by atoms with Crippen molar-refractivity contribution in [2.45, 2.75) is 49.1 Å². The fourth-order valence-corrected chi connectivity index (χ4v) is 7.11. The smallest absolute Gasteiger partial charge is 0.756 e. The Balaban J connectivity index is 0.00000208. The average molecular weight is 704 g/mol. The molecule has 4 aromatic heterocycles. The molecule has 3 aliphatic rings. The van der Waals surface area contributed by atoms with Gasteiger partial charge in [0, 0.05) is 0 Å². The maximum absolute atomic E-state index is 12.9. The van der Waals surface area contributed by atoms with Crippen LogP contribution >= 0.6 is 15.6 Å². The number of rotatable bonds is 2. The summed E-state index contributed by atoms with van der Waals surface area (Å²) in [7, 11) is -10.6. The first-order valence-electron chi connectivity index (χ1n) is 12.7. The van der Waals surface area contributed by atoms with E-state index in [0.29, 0.717) is 0 Å². The molecule has 22 nitrogen and oxygen atoms in total. The Morgan fingerprint density at radius 2 is 1.13 bits per heavy atom. The van der Waals surface area contributed by atoms with Crippen molar-refractivity contribution >= 4 is 38.0 Å². The number of phosphoric acid groups is 2. The Labute approximate surface area is 299 Å². The minimum absolute atomic E-state index is 0. The summed E-state index contributed by atoms with van der Waals surface area (Å²) in [6, 6.07) is 0. The Kier molecular flexibility index (Phi) is 10.6. The summed E-state index contributed by atoms with van der Waals surface area (Å²) in [6.07, 6.45) is -8.81. The van der Waals surface area contributed by atoms with E-state index in [-0.39, 0.29) is 81.4 Å². The standard InChI is InChI=1S/C20H22N8O14P2.2Na/c29-11-13-7(39-19(11)27-5-25-9-15(27)21-3-23-17(9)31)1-37-43(33,34)42-14-8(2-38-44(35,36)41-13)40-20(12(14)30)28-6-26-10-16(28)22-4-24-18(10)32;;/h3-8,11-14,19-20,29-30H,1-2H2,(H,33,34)(H,35,36)(H,21,23,31)(H,22,24,32);;/q;2*+1/p-2/t7-,8-,11-,12-,13-,14-,19-,20-;;/m1../s1. The number of hydrogen-bond donors (Lipinski definition) is 4. The van der Waals surface area contributed by atoms with Crippen molar-refractivity contribution in [1.82, 2.24) is 39.0 Å². The molecule has 0 radical (unpaired) electrons. The number of imidazole rings is 2. The van der Waals surface area contributed by atoms with E-state index in [4.69, 9.17) is 27.6 Å². The Hall–Kier alpha value is -1.24. The van der Waals surface area contributed by atoms with Gasteiger partial charge in [-0.3, -0.25) is 27.9 Å². The number of aliphatic hydroxyl groups excluding tert-OH is 2. The second-order valence-corrected chi connectivity index (χ2v) is 12.6. The predicted molar refractivity (Wildman–Crippen MR) is 133 cm³/mol. The molecule has 10 atom stereocenters.